The molecule has 0 fully saturated rings. The zero-order valence-electron chi connectivity index (χ0n) is 12.0. The molecule has 20 heavy (non-hydrogen) atoms. The van der Waals surface area contributed by atoms with Crippen LogP contribution >= 0.6 is 11.8 Å². The first-order chi connectivity index (χ1) is 9.65. The Labute approximate surface area is 123 Å². The van der Waals surface area contributed by atoms with Gasteiger partial charge in [-0.25, -0.2) is 9.67 Å². The summed E-state index contributed by atoms with van der Waals surface area (Å²) in [6, 6.07) is 8.10. The monoisotopic (exact) mass is 292 g/mol. The van der Waals surface area contributed by atoms with Crippen LogP contribution < -0.4 is 10.5 Å². The molecular formula is C14H20N4OS. The Hall–Kier alpha value is -1.53. The second-order valence-corrected chi connectivity index (χ2v) is 5.66. The van der Waals surface area contributed by atoms with E-state index in [1.54, 1.807) is 29.9 Å². The summed E-state index contributed by atoms with van der Waals surface area (Å²) in [4.78, 5) is 4.27. The minimum Gasteiger partial charge on any atom is -0.497 e. The molecule has 0 aliphatic heterocycles. The fourth-order valence-electron chi connectivity index (χ4n) is 1.92. The molecule has 2 rings (SSSR count). The van der Waals surface area contributed by atoms with E-state index in [1.165, 1.54) is 5.56 Å². The number of aromatic nitrogens is 3. The molecule has 0 amide bonds. The fourth-order valence-corrected chi connectivity index (χ4v) is 3.11. The van der Waals surface area contributed by atoms with Crippen molar-refractivity contribution in [3.63, 3.8) is 0 Å². The first kappa shape index (κ1) is 14.9. The lowest BCUT2D eigenvalue weighted by Crippen LogP contribution is -2.26. The Morgan fingerprint density at radius 3 is 2.55 bits per heavy atom. The number of rotatable bonds is 6. The molecule has 0 aliphatic rings. The molecule has 1 aromatic heterocycles. The van der Waals surface area contributed by atoms with Gasteiger partial charge in [-0.1, -0.05) is 30.8 Å². The predicted octanol–water partition coefficient (Wildman–Crippen LogP) is 2.39. The number of nitrogens with two attached hydrogens (primary N) is 1. The number of methoxy groups -OCH3 is 1. The van der Waals surface area contributed by atoms with Crippen molar-refractivity contribution >= 4 is 11.8 Å². The molecule has 0 bridgehead atoms. The number of thioether (sulfide) groups is 1. The van der Waals surface area contributed by atoms with Crippen molar-refractivity contribution < 1.29 is 4.74 Å². The number of hydrogen-bond donors (Lipinski definition) is 1. The summed E-state index contributed by atoms with van der Waals surface area (Å²) in [6.45, 7) is 2.10. The second kappa shape index (κ2) is 6.76. The molecule has 2 aromatic rings. The molecular weight excluding hydrogens is 272 g/mol. The number of aryl methyl sites for hydroxylation is 1. The zero-order valence-corrected chi connectivity index (χ0v) is 12.8. The van der Waals surface area contributed by atoms with Gasteiger partial charge < -0.3 is 10.5 Å². The van der Waals surface area contributed by atoms with E-state index in [1.807, 2.05) is 19.2 Å². The highest BCUT2D eigenvalue weighted by Gasteiger charge is 2.22. The van der Waals surface area contributed by atoms with E-state index in [-0.39, 0.29) is 11.3 Å². The maximum atomic E-state index is 6.28. The molecule has 1 aromatic carbocycles. The Morgan fingerprint density at radius 2 is 2.05 bits per heavy atom. The summed E-state index contributed by atoms with van der Waals surface area (Å²) in [5.41, 5.74) is 7.45. The molecule has 0 aliphatic carbocycles. The van der Waals surface area contributed by atoms with Gasteiger partial charge in [0.05, 0.1) is 12.4 Å². The molecule has 1 heterocycles. The Balaban J connectivity index is 2.24. The van der Waals surface area contributed by atoms with E-state index >= 15 is 0 Å². The lowest BCUT2D eigenvalue weighted by atomic mass is 10.0. The number of benzene rings is 1. The van der Waals surface area contributed by atoms with E-state index < -0.39 is 0 Å². The second-order valence-electron chi connectivity index (χ2n) is 4.55. The van der Waals surface area contributed by atoms with Gasteiger partial charge in [-0.05, 0) is 24.1 Å². The summed E-state index contributed by atoms with van der Waals surface area (Å²) in [7, 11) is 3.55. The highest BCUT2D eigenvalue weighted by Crippen LogP contribution is 2.37. The molecule has 0 saturated carbocycles. The van der Waals surface area contributed by atoms with Crippen molar-refractivity contribution in [1.29, 1.82) is 0 Å². The van der Waals surface area contributed by atoms with Crippen LogP contribution in [0.25, 0.3) is 0 Å². The Bertz CT molecular complexity index is 540. The molecule has 0 radical (unpaired) electrons. The highest BCUT2D eigenvalue weighted by molar-refractivity contribution is 7.99. The number of hydrogen-bond acceptors (Lipinski definition) is 5. The summed E-state index contributed by atoms with van der Waals surface area (Å²) < 4.78 is 6.96. The normalized spacial score (nSPS) is 14.0. The van der Waals surface area contributed by atoms with Crippen LogP contribution in [0, 0.1) is 0 Å². The largest absolute Gasteiger partial charge is 0.497 e. The van der Waals surface area contributed by atoms with Crippen LogP contribution in [-0.4, -0.2) is 27.9 Å². The topological polar surface area (TPSA) is 66.0 Å². The van der Waals surface area contributed by atoms with Gasteiger partial charge in [-0.15, -0.1) is 0 Å². The van der Waals surface area contributed by atoms with Crippen LogP contribution in [-0.2, 0) is 7.05 Å². The SMILES string of the molecule is CCC(N)C(Sc1ncnn1C)c1ccc(OC)cc1. The summed E-state index contributed by atoms with van der Waals surface area (Å²) in [5, 5.41) is 5.12. The van der Waals surface area contributed by atoms with Crippen molar-refractivity contribution in [3.05, 3.63) is 36.2 Å². The average molecular weight is 292 g/mol. The smallest absolute Gasteiger partial charge is 0.186 e. The van der Waals surface area contributed by atoms with Crippen LogP contribution in [0.2, 0.25) is 0 Å². The van der Waals surface area contributed by atoms with Crippen LogP contribution in [0.15, 0.2) is 35.7 Å². The van der Waals surface area contributed by atoms with E-state index in [9.17, 15) is 0 Å². The van der Waals surface area contributed by atoms with Crippen molar-refractivity contribution in [2.24, 2.45) is 12.8 Å². The molecule has 5 nitrogen and oxygen atoms in total. The van der Waals surface area contributed by atoms with Crippen molar-refractivity contribution in [1.82, 2.24) is 14.8 Å². The lowest BCUT2D eigenvalue weighted by molar-refractivity contribution is 0.414. The van der Waals surface area contributed by atoms with E-state index in [0.29, 0.717) is 0 Å². The summed E-state index contributed by atoms with van der Waals surface area (Å²) in [5.74, 6) is 0.848. The first-order valence-corrected chi connectivity index (χ1v) is 7.43. The van der Waals surface area contributed by atoms with E-state index in [2.05, 4.69) is 29.1 Å². The average Bonchev–Trinajstić information content (AvgIpc) is 2.89. The van der Waals surface area contributed by atoms with Gasteiger partial charge in [-0.3, -0.25) is 0 Å². The molecule has 0 saturated heterocycles. The zero-order chi connectivity index (χ0) is 14.5. The quantitative estimate of drug-likeness (QED) is 0.828. The van der Waals surface area contributed by atoms with Crippen molar-refractivity contribution in [2.75, 3.05) is 7.11 Å². The van der Waals surface area contributed by atoms with Crippen molar-refractivity contribution in [3.8, 4) is 5.75 Å². The lowest BCUT2D eigenvalue weighted by Gasteiger charge is -2.22. The number of ether oxygens (including phenoxy) is 1. The maximum absolute atomic E-state index is 6.28. The maximum Gasteiger partial charge on any atom is 0.186 e. The molecule has 0 spiro atoms. The van der Waals surface area contributed by atoms with Crippen LogP contribution in [0.1, 0.15) is 24.2 Å². The third kappa shape index (κ3) is 3.32. The minimum atomic E-state index is 0.0603. The Morgan fingerprint density at radius 1 is 1.35 bits per heavy atom. The van der Waals surface area contributed by atoms with E-state index in [0.717, 1.165) is 17.3 Å². The molecule has 2 unspecified atom stereocenters. The van der Waals surface area contributed by atoms with Crippen molar-refractivity contribution in [2.45, 2.75) is 29.8 Å². The predicted molar refractivity (Wildman–Crippen MR) is 80.9 cm³/mol. The molecule has 108 valence electrons. The third-order valence-electron chi connectivity index (χ3n) is 3.21. The third-order valence-corrected chi connectivity index (χ3v) is 4.66. The highest BCUT2D eigenvalue weighted by atomic mass is 32.2. The molecule has 6 heteroatoms. The fraction of sp³-hybridized carbons (Fsp3) is 0.429. The Kier molecular flexibility index (Phi) is 5.03. The standard InChI is InChI=1S/C14H20N4OS/c1-4-12(15)13(20-14-16-9-17-18(14)2)10-5-7-11(19-3)8-6-10/h5-9,12-13H,4,15H2,1-3H3. The van der Waals surface area contributed by atoms with Gasteiger partial charge in [0.15, 0.2) is 5.16 Å². The summed E-state index contributed by atoms with van der Waals surface area (Å²) >= 11 is 1.64. The minimum absolute atomic E-state index is 0.0603. The van der Waals surface area contributed by atoms with Gasteiger partial charge >= 0.3 is 0 Å². The van der Waals surface area contributed by atoms with E-state index in [4.69, 9.17) is 10.5 Å². The van der Waals surface area contributed by atoms with Crippen LogP contribution in [0.4, 0.5) is 0 Å². The van der Waals surface area contributed by atoms with Crippen LogP contribution in [0.3, 0.4) is 0 Å². The van der Waals surface area contributed by atoms with Gasteiger partial charge in [-0.2, -0.15) is 5.10 Å². The van der Waals surface area contributed by atoms with Gasteiger partial charge in [0, 0.05) is 13.1 Å². The molecule has 2 N–H and O–H groups in total. The van der Waals surface area contributed by atoms with Gasteiger partial charge in [0.2, 0.25) is 0 Å². The van der Waals surface area contributed by atoms with Gasteiger partial charge in [0.1, 0.15) is 12.1 Å². The number of nitrogens with zero attached hydrogens (tertiary/aromatic N) is 3. The summed E-state index contributed by atoms with van der Waals surface area (Å²) in [6.07, 6.45) is 2.46. The van der Waals surface area contributed by atoms with Crippen LogP contribution in [0.5, 0.6) is 5.75 Å². The first-order valence-electron chi connectivity index (χ1n) is 6.56. The molecule has 2 atom stereocenters. The van der Waals surface area contributed by atoms with Gasteiger partial charge in [0.25, 0.3) is 0 Å².